The molecule has 1 aliphatic heterocycles. The number of ether oxygens (including phenoxy) is 1. The van der Waals surface area contributed by atoms with E-state index < -0.39 is 0 Å². The van der Waals surface area contributed by atoms with Crippen molar-refractivity contribution in [3.8, 4) is 0 Å². The Kier molecular flexibility index (Phi) is 5.05. The van der Waals surface area contributed by atoms with Gasteiger partial charge in [-0.25, -0.2) is 0 Å². The van der Waals surface area contributed by atoms with Gasteiger partial charge in [0.15, 0.2) is 0 Å². The van der Waals surface area contributed by atoms with E-state index in [9.17, 15) is 0 Å². The molecule has 2 rings (SSSR count). The fourth-order valence-electron chi connectivity index (χ4n) is 3.22. The van der Waals surface area contributed by atoms with E-state index in [0.717, 1.165) is 19.5 Å². The molecule has 2 nitrogen and oxygen atoms in total. The Morgan fingerprint density at radius 2 is 2.06 bits per heavy atom. The van der Waals surface area contributed by atoms with E-state index in [0.29, 0.717) is 6.10 Å². The Balaban J connectivity index is 1.63. The van der Waals surface area contributed by atoms with Crippen LogP contribution in [0, 0.1) is 0 Å². The van der Waals surface area contributed by atoms with Crippen LogP contribution in [0.15, 0.2) is 12.2 Å². The van der Waals surface area contributed by atoms with Gasteiger partial charge in [0.2, 0.25) is 0 Å². The van der Waals surface area contributed by atoms with Crippen molar-refractivity contribution in [2.45, 2.75) is 70.0 Å². The third-order valence-electron chi connectivity index (χ3n) is 4.20. The summed E-state index contributed by atoms with van der Waals surface area (Å²) in [5.74, 6) is 0. The minimum Gasteiger partial charge on any atom is -0.370 e. The van der Waals surface area contributed by atoms with Crippen LogP contribution in [0.5, 0.6) is 0 Å². The Labute approximate surface area is 106 Å². The van der Waals surface area contributed by atoms with Crippen molar-refractivity contribution in [2.24, 2.45) is 0 Å². The molecule has 1 N–H and O–H groups in total. The maximum Gasteiger partial charge on any atom is 0.0708 e. The molecule has 2 fully saturated rings. The first kappa shape index (κ1) is 13.1. The molecule has 0 aromatic rings. The van der Waals surface area contributed by atoms with E-state index in [4.69, 9.17) is 4.74 Å². The van der Waals surface area contributed by atoms with Crippen molar-refractivity contribution in [3.05, 3.63) is 12.2 Å². The molecule has 0 bridgehead atoms. The SMILES string of the molecule is C/C=C/CCNCC1CCC2(CCCCC2)O1. The number of hydrogen-bond donors (Lipinski definition) is 1. The van der Waals surface area contributed by atoms with Crippen LogP contribution in [-0.4, -0.2) is 24.8 Å². The second-order valence-electron chi connectivity index (χ2n) is 5.58. The summed E-state index contributed by atoms with van der Waals surface area (Å²) in [6.45, 7) is 4.20. The molecular weight excluding hydrogens is 210 g/mol. The zero-order chi connectivity index (χ0) is 12.0. The zero-order valence-corrected chi connectivity index (χ0v) is 11.2. The Morgan fingerprint density at radius 3 is 2.82 bits per heavy atom. The normalized spacial score (nSPS) is 28.2. The maximum absolute atomic E-state index is 6.32. The van der Waals surface area contributed by atoms with Crippen LogP contribution in [0.3, 0.4) is 0 Å². The summed E-state index contributed by atoms with van der Waals surface area (Å²) in [7, 11) is 0. The summed E-state index contributed by atoms with van der Waals surface area (Å²) >= 11 is 0. The van der Waals surface area contributed by atoms with Gasteiger partial charge in [0.25, 0.3) is 0 Å². The lowest BCUT2D eigenvalue weighted by Crippen LogP contribution is -2.34. The third kappa shape index (κ3) is 3.82. The third-order valence-corrected chi connectivity index (χ3v) is 4.20. The average molecular weight is 237 g/mol. The van der Waals surface area contributed by atoms with Crippen molar-refractivity contribution in [3.63, 3.8) is 0 Å². The van der Waals surface area contributed by atoms with Gasteiger partial charge < -0.3 is 10.1 Å². The van der Waals surface area contributed by atoms with Crippen molar-refractivity contribution in [2.75, 3.05) is 13.1 Å². The molecule has 1 heterocycles. The van der Waals surface area contributed by atoms with Crippen LogP contribution in [0.2, 0.25) is 0 Å². The van der Waals surface area contributed by atoms with Crippen LogP contribution >= 0.6 is 0 Å². The van der Waals surface area contributed by atoms with Crippen molar-refractivity contribution in [1.82, 2.24) is 5.32 Å². The van der Waals surface area contributed by atoms with E-state index in [1.165, 1.54) is 44.9 Å². The maximum atomic E-state index is 6.32. The van der Waals surface area contributed by atoms with Crippen molar-refractivity contribution < 1.29 is 4.74 Å². The Morgan fingerprint density at radius 1 is 1.24 bits per heavy atom. The predicted octanol–water partition coefficient (Wildman–Crippen LogP) is 3.42. The van der Waals surface area contributed by atoms with E-state index in [2.05, 4.69) is 24.4 Å². The fraction of sp³-hybridized carbons (Fsp3) is 0.867. The van der Waals surface area contributed by atoms with Gasteiger partial charge >= 0.3 is 0 Å². The smallest absolute Gasteiger partial charge is 0.0708 e. The van der Waals surface area contributed by atoms with Crippen LogP contribution in [0.1, 0.15) is 58.3 Å². The molecular formula is C15H27NO. The largest absolute Gasteiger partial charge is 0.370 e. The van der Waals surface area contributed by atoms with Gasteiger partial charge in [-0.1, -0.05) is 31.4 Å². The number of hydrogen-bond acceptors (Lipinski definition) is 2. The van der Waals surface area contributed by atoms with Gasteiger partial charge in [0.1, 0.15) is 0 Å². The number of nitrogens with one attached hydrogen (secondary N) is 1. The van der Waals surface area contributed by atoms with Gasteiger partial charge in [-0.05, 0) is 45.6 Å². The second-order valence-corrected chi connectivity index (χ2v) is 5.58. The summed E-state index contributed by atoms with van der Waals surface area (Å²) in [6.07, 6.45) is 15.3. The molecule has 0 aromatic carbocycles. The topological polar surface area (TPSA) is 21.3 Å². The number of rotatable bonds is 5. The molecule has 1 unspecified atom stereocenters. The summed E-state index contributed by atoms with van der Waals surface area (Å²) < 4.78 is 6.32. The highest BCUT2D eigenvalue weighted by molar-refractivity contribution is 4.91. The molecule has 2 heteroatoms. The van der Waals surface area contributed by atoms with Gasteiger partial charge in [-0.2, -0.15) is 0 Å². The highest BCUT2D eigenvalue weighted by atomic mass is 16.5. The molecule has 1 spiro atoms. The quantitative estimate of drug-likeness (QED) is 0.584. The summed E-state index contributed by atoms with van der Waals surface area (Å²) in [6, 6.07) is 0. The van der Waals surface area contributed by atoms with Gasteiger partial charge in [0.05, 0.1) is 11.7 Å². The van der Waals surface area contributed by atoms with Gasteiger partial charge in [0, 0.05) is 6.54 Å². The van der Waals surface area contributed by atoms with Crippen LogP contribution in [-0.2, 0) is 4.74 Å². The minimum atomic E-state index is 0.286. The zero-order valence-electron chi connectivity index (χ0n) is 11.2. The molecule has 17 heavy (non-hydrogen) atoms. The molecule has 0 radical (unpaired) electrons. The number of allylic oxidation sites excluding steroid dienone is 1. The molecule has 1 saturated carbocycles. The lowest BCUT2D eigenvalue weighted by Gasteiger charge is -2.33. The van der Waals surface area contributed by atoms with E-state index in [1.807, 2.05) is 0 Å². The highest BCUT2D eigenvalue weighted by Gasteiger charge is 2.40. The van der Waals surface area contributed by atoms with Crippen molar-refractivity contribution >= 4 is 0 Å². The molecule has 0 aromatic heterocycles. The Hall–Kier alpha value is -0.340. The van der Waals surface area contributed by atoms with Gasteiger partial charge in [-0.15, -0.1) is 0 Å². The average Bonchev–Trinajstić information content (AvgIpc) is 2.73. The molecule has 1 aliphatic carbocycles. The second kappa shape index (κ2) is 6.55. The first-order valence-electron chi connectivity index (χ1n) is 7.34. The van der Waals surface area contributed by atoms with E-state index in [-0.39, 0.29) is 5.60 Å². The summed E-state index contributed by atoms with van der Waals surface area (Å²) in [5, 5.41) is 3.51. The first-order valence-corrected chi connectivity index (χ1v) is 7.34. The predicted molar refractivity (Wildman–Crippen MR) is 72.2 cm³/mol. The molecule has 2 aliphatic rings. The van der Waals surface area contributed by atoms with Crippen LogP contribution in [0.4, 0.5) is 0 Å². The van der Waals surface area contributed by atoms with Crippen molar-refractivity contribution in [1.29, 1.82) is 0 Å². The standard InChI is InChI=1S/C15H27NO/c1-2-3-7-12-16-13-14-8-11-15(17-14)9-5-4-6-10-15/h2-3,14,16H,4-13H2,1H3/b3-2+. The van der Waals surface area contributed by atoms with Crippen LogP contribution in [0.25, 0.3) is 0 Å². The van der Waals surface area contributed by atoms with Gasteiger partial charge in [-0.3, -0.25) is 0 Å². The van der Waals surface area contributed by atoms with E-state index in [1.54, 1.807) is 0 Å². The summed E-state index contributed by atoms with van der Waals surface area (Å²) in [4.78, 5) is 0. The molecule has 1 saturated heterocycles. The highest BCUT2D eigenvalue weighted by Crippen LogP contribution is 2.41. The minimum absolute atomic E-state index is 0.286. The van der Waals surface area contributed by atoms with Crippen LogP contribution < -0.4 is 5.32 Å². The lowest BCUT2D eigenvalue weighted by atomic mass is 9.83. The Bertz CT molecular complexity index is 243. The molecule has 1 atom stereocenters. The molecule has 0 amide bonds. The monoisotopic (exact) mass is 237 g/mol. The first-order chi connectivity index (χ1) is 8.35. The fourth-order valence-corrected chi connectivity index (χ4v) is 3.22. The van der Waals surface area contributed by atoms with E-state index >= 15 is 0 Å². The molecule has 98 valence electrons. The lowest BCUT2D eigenvalue weighted by molar-refractivity contribution is -0.0622. The summed E-state index contributed by atoms with van der Waals surface area (Å²) in [5.41, 5.74) is 0.286.